The molecule has 2 N–H and O–H groups in total. The third-order valence-electron chi connectivity index (χ3n) is 5.63. The van der Waals surface area contributed by atoms with Gasteiger partial charge in [-0.2, -0.15) is 13.5 Å². The quantitative estimate of drug-likeness (QED) is 0.672. The van der Waals surface area contributed by atoms with Gasteiger partial charge in [0.25, 0.3) is 15.7 Å². The largest absolute Gasteiger partial charge is 0.381 e. The summed E-state index contributed by atoms with van der Waals surface area (Å²) in [5, 5.41) is 7.08. The molecule has 2 aliphatic rings. The lowest BCUT2D eigenvalue weighted by Gasteiger charge is -2.53. The molecule has 0 amide bonds. The summed E-state index contributed by atoms with van der Waals surface area (Å²) in [6.07, 6.45) is 3.78. The number of ether oxygens (including phenoxy) is 1. The summed E-state index contributed by atoms with van der Waals surface area (Å²) in [6.45, 7) is 4.24. The zero-order chi connectivity index (χ0) is 19.2. The number of aromatic nitrogens is 4. The van der Waals surface area contributed by atoms with Crippen LogP contribution in [0.5, 0.6) is 0 Å². The molecule has 4 rings (SSSR count). The first-order valence-electron chi connectivity index (χ1n) is 8.92. The van der Waals surface area contributed by atoms with Crippen molar-refractivity contribution in [3.8, 4) is 0 Å². The van der Waals surface area contributed by atoms with E-state index in [4.69, 9.17) is 8.92 Å². The molecule has 0 spiro atoms. The van der Waals surface area contributed by atoms with Gasteiger partial charge in [0.05, 0.1) is 18.0 Å². The molecule has 0 saturated carbocycles. The molecule has 2 fully saturated rings. The first-order chi connectivity index (χ1) is 12.8. The Hall–Kier alpha value is -1.82. The molecule has 1 unspecified atom stereocenters. The second-order valence-corrected chi connectivity index (χ2v) is 9.01. The number of nitrogens with zero attached hydrogens (tertiary/aromatic N) is 3. The highest BCUT2D eigenvalue weighted by atomic mass is 32.2. The second-order valence-electron chi connectivity index (χ2n) is 7.41. The summed E-state index contributed by atoms with van der Waals surface area (Å²) in [5.41, 5.74) is -0.373. The van der Waals surface area contributed by atoms with Gasteiger partial charge in [0, 0.05) is 26.3 Å². The van der Waals surface area contributed by atoms with E-state index in [0.29, 0.717) is 43.2 Å². The summed E-state index contributed by atoms with van der Waals surface area (Å²) in [5.74, 6) is 0.753. The molecule has 2 aromatic heterocycles. The molecule has 0 aromatic carbocycles. The van der Waals surface area contributed by atoms with Crippen LogP contribution in [0.4, 0.5) is 0 Å². The normalized spacial score (nSPS) is 22.6. The Morgan fingerprint density at radius 1 is 1.33 bits per heavy atom. The molecule has 2 saturated heterocycles. The van der Waals surface area contributed by atoms with Gasteiger partial charge in [-0.25, -0.2) is 4.98 Å². The van der Waals surface area contributed by atoms with Crippen molar-refractivity contribution in [2.75, 3.05) is 32.6 Å². The molecular weight excluding hydrogens is 374 g/mol. The van der Waals surface area contributed by atoms with Crippen molar-refractivity contribution in [2.24, 2.45) is 5.92 Å². The van der Waals surface area contributed by atoms with Gasteiger partial charge in [-0.1, -0.05) is 0 Å². The van der Waals surface area contributed by atoms with Gasteiger partial charge in [-0.05, 0) is 25.7 Å². The average molecular weight is 397 g/mol. The van der Waals surface area contributed by atoms with Crippen molar-refractivity contribution in [3.63, 3.8) is 0 Å². The summed E-state index contributed by atoms with van der Waals surface area (Å²) < 4.78 is 33.4. The van der Waals surface area contributed by atoms with Crippen molar-refractivity contribution >= 4 is 21.2 Å². The van der Waals surface area contributed by atoms with Gasteiger partial charge in [0.1, 0.15) is 17.3 Å². The van der Waals surface area contributed by atoms with Crippen molar-refractivity contribution in [3.05, 3.63) is 22.4 Å². The molecule has 0 bridgehead atoms. The molecule has 4 heterocycles. The zero-order valence-corrected chi connectivity index (χ0v) is 16.1. The van der Waals surface area contributed by atoms with E-state index in [-0.39, 0.29) is 17.6 Å². The lowest BCUT2D eigenvalue weighted by molar-refractivity contribution is -0.0987. The summed E-state index contributed by atoms with van der Waals surface area (Å²) in [7, 11) is -3.50. The molecule has 2 aromatic rings. The molecule has 27 heavy (non-hydrogen) atoms. The predicted octanol–water partition coefficient (Wildman–Crippen LogP) is -0.0516. The van der Waals surface area contributed by atoms with Crippen LogP contribution in [0, 0.1) is 5.92 Å². The van der Waals surface area contributed by atoms with Crippen molar-refractivity contribution in [1.29, 1.82) is 0 Å². The first kappa shape index (κ1) is 18.5. The smallest absolute Gasteiger partial charge is 0.264 e. The van der Waals surface area contributed by atoms with E-state index >= 15 is 0 Å². The molecule has 11 heteroatoms. The van der Waals surface area contributed by atoms with E-state index < -0.39 is 15.7 Å². The average Bonchev–Trinajstić information content (AvgIpc) is 3.06. The van der Waals surface area contributed by atoms with E-state index in [1.54, 1.807) is 0 Å². The number of aromatic amines is 2. The third-order valence-corrected chi connectivity index (χ3v) is 6.25. The fourth-order valence-corrected chi connectivity index (χ4v) is 4.69. The number of rotatable bonds is 5. The van der Waals surface area contributed by atoms with Crippen LogP contribution in [0.25, 0.3) is 11.0 Å². The third kappa shape index (κ3) is 3.40. The van der Waals surface area contributed by atoms with E-state index in [0.717, 1.165) is 19.1 Å². The minimum Gasteiger partial charge on any atom is -0.381 e. The summed E-state index contributed by atoms with van der Waals surface area (Å²) >= 11 is 0. The highest BCUT2D eigenvalue weighted by Crippen LogP contribution is 2.42. The van der Waals surface area contributed by atoms with Crippen molar-refractivity contribution in [1.82, 2.24) is 25.1 Å². The van der Waals surface area contributed by atoms with Crippen LogP contribution < -0.4 is 5.56 Å². The van der Waals surface area contributed by atoms with Gasteiger partial charge in [-0.15, -0.1) is 0 Å². The highest BCUT2D eigenvalue weighted by molar-refractivity contribution is 7.86. The van der Waals surface area contributed by atoms with Crippen molar-refractivity contribution in [2.45, 2.75) is 31.4 Å². The topological polar surface area (TPSA) is 130 Å². The maximum absolute atomic E-state index is 12.5. The van der Waals surface area contributed by atoms with Crippen LogP contribution in [0.15, 0.2) is 11.0 Å². The Morgan fingerprint density at radius 2 is 2.04 bits per heavy atom. The van der Waals surface area contributed by atoms with E-state index in [1.807, 2.05) is 6.92 Å². The number of fused-ring (bicyclic) bond motifs is 1. The summed E-state index contributed by atoms with van der Waals surface area (Å²) in [6, 6.07) is 0. The zero-order valence-electron chi connectivity index (χ0n) is 15.3. The molecule has 10 nitrogen and oxygen atoms in total. The lowest BCUT2D eigenvalue weighted by Crippen LogP contribution is -2.64. The number of H-pyrrole nitrogens is 2. The number of likely N-dealkylation sites (tertiary alicyclic amines) is 1. The Labute approximate surface area is 156 Å². The fourth-order valence-electron chi connectivity index (χ4n) is 4.07. The molecular formula is C16H23N5O5S. The standard InChI is InChI=1S/C16H23N5O5S/c1-16(10-3-5-25-6-4-10,21-8-11(9-21)26-27(2,23)24)15-18-13-12(7-17-20-13)14(22)19-15/h7,10-11H,3-6,8-9H2,1-2H3,(H2,17,18,19,20,22). The number of hydrogen-bond acceptors (Lipinski definition) is 8. The molecule has 0 aliphatic carbocycles. The Balaban J connectivity index is 1.69. The predicted molar refractivity (Wildman–Crippen MR) is 96.7 cm³/mol. The fraction of sp³-hybridized carbons (Fsp3) is 0.688. The molecule has 0 radical (unpaired) electrons. The molecule has 2 aliphatic heterocycles. The molecule has 148 valence electrons. The van der Waals surface area contributed by atoms with E-state index in [9.17, 15) is 13.2 Å². The Bertz CT molecular complexity index is 990. The van der Waals surface area contributed by atoms with Crippen LogP contribution in [-0.2, 0) is 24.6 Å². The maximum atomic E-state index is 12.5. The van der Waals surface area contributed by atoms with Gasteiger partial charge >= 0.3 is 0 Å². The van der Waals surface area contributed by atoms with Crippen molar-refractivity contribution < 1.29 is 17.3 Å². The second kappa shape index (κ2) is 6.66. The van der Waals surface area contributed by atoms with Gasteiger partial charge in [-0.3, -0.25) is 19.0 Å². The summed E-state index contributed by atoms with van der Waals surface area (Å²) in [4.78, 5) is 22.1. The van der Waals surface area contributed by atoms with Crippen LogP contribution in [-0.4, -0.2) is 72.1 Å². The minimum absolute atomic E-state index is 0.203. The number of nitrogens with one attached hydrogen (secondary N) is 2. The van der Waals surface area contributed by atoms with Gasteiger partial charge in [0.15, 0.2) is 5.65 Å². The molecule has 1 atom stereocenters. The van der Waals surface area contributed by atoms with Gasteiger partial charge in [0.2, 0.25) is 0 Å². The highest BCUT2D eigenvalue weighted by Gasteiger charge is 2.49. The monoisotopic (exact) mass is 397 g/mol. The lowest BCUT2D eigenvalue weighted by atomic mass is 9.76. The van der Waals surface area contributed by atoms with Gasteiger partial charge < -0.3 is 9.72 Å². The maximum Gasteiger partial charge on any atom is 0.264 e. The van der Waals surface area contributed by atoms with E-state index in [1.165, 1.54) is 6.20 Å². The van der Waals surface area contributed by atoms with Crippen LogP contribution in [0.1, 0.15) is 25.6 Å². The first-order valence-corrected chi connectivity index (χ1v) is 10.7. The minimum atomic E-state index is -3.50. The van der Waals surface area contributed by atoms with Crippen LogP contribution in [0.2, 0.25) is 0 Å². The Kier molecular flexibility index (Phi) is 4.57. The number of hydrogen-bond donors (Lipinski definition) is 2. The Morgan fingerprint density at radius 3 is 2.70 bits per heavy atom. The van der Waals surface area contributed by atoms with Crippen LogP contribution in [0.3, 0.4) is 0 Å². The SMILES string of the molecule is CC(c1nc2[nH]ncc2c(=O)[nH]1)(C1CCOCC1)N1CC(OS(C)(=O)=O)C1. The van der Waals surface area contributed by atoms with E-state index in [2.05, 4.69) is 25.1 Å². The van der Waals surface area contributed by atoms with Crippen LogP contribution >= 0.6 is 0 Å².